The van der Waals surface area contributed by atoms with Gasteiger partial charge in [-0.2, -0.15) is 4.98 Å². The summed E-state index contributed by atoms with van der Waals surface area (Å²) in [4.78, 5) is 4.19. The van der Waals surface area contributed by atoms with Crippen LogP contribution in [0.25, 0.3) is 17.1 Å². The van der Waals surface area contributed by atoms with Crippen LogP contribution in [0.1, 0.15) is 0 Å². The van der Waals surface area contributed by atoms with Gasteiger partial charge in [0, 0.05) is 18.1 Å². The van der Waals surface area contributed by atoms with Gasteiger partial charge in [0.2, 0.25) is 9.84 Å². The van der Waals surface area contributed by atoms with Gasteiger partial charge in [-0.05, 0) is 48.5 Å². The van der Waals surface area contributed by atoms with Crippen molar-refractivity contribution >= 4 is 19.7 Å². The van der Waals surface area contributed by atoms with E-state index in [0.29, 0.717) is 11.3 Å². The smallest absolute Gasteiger partial charge is 0.224 e. The van der Waals surface area contributed by atoms with Gasteiger partial charge in [-0.1, -0.05) is 0 Å². The first-order valence-electron chi connectivity index (χ1n) is 7.29. The van der Waals surface area contributed by atoms with Crippen molar-refractivity contribution in [3.8, 4) is 17.1 Å². The Bertz CT molecular complexity index is 1170. The molecule has 10 heteroatoms. The molecular weight excluding hydrogens is 381 g/mol. The van der Waals surface area contributed by atoms with Crippen LogP contribution in [0, 0.1) is 5.82 Å². The zero-order valence-corrected chi connectivity index (χ0v) is 15.4. The van der Waals surface area contributed by atoms with Crippen molar-refractivity contribution in [2.75, 3.05) is 12.5 Å². The second-order valence-electron chi connectivity index (χ2n) is 5.67. The van der Waals surface area contributed by atoms with Crippen LogP contribution < -0.4 is 0 Å². The Morgan fingerprint density at radius 3 is 1.92 bits per heavy atom. The predicted octanol–water partition coefficient (Wildman–Crippen LogP) is 1.88. The third kappa shape index (κ3) is 3.65. The monoisotopic (exact) mass is 395 g/mol. The van der Waals surface area contributed by atoms with Crippen molar-refractivity contribution in [1.82, 2.24) is 14.8 Å². The minimum Gasteiger partial charge on any atom is -0.224 e. The highest BCUT2D eigenvalue weighted by molar-refractivity contribution is 7.90. The number of benzene rings is 2. The van der Waals surface area contributed by atoms with Crippen molar-refractivity contribution in [2.24, 2.45) is 0 Å². The summed E-state index contributed by atoms with van der Waals surface area (Å²) in [5.41, 5.74) is 0.875. The maximum absolute atomic E-state index is 13.2. The lowest BCUT2D eigenvalue weighted by molar-refractivity contribution is 0.592. The molecule has 3 rings (SSSR count). The molecule has 2 aromatic carbocycles. The van der Waals surface area contributed by atoms with Crippen LogP contribution in [-0.4, -0.2) is 44.1 Å². The molecule has 0 saturated heterocycles. The average molecular weight is 395 g/mol. The third-order valence-corrected chi connectivity index (χ3v) is 5.50. The van der Waals surface area contributed by atoms with Crippen LogP contribution >= 0.6 is 0 Å². The molecule has 0 aliphatic heterocycles. The molecule has 0 unspecified atom stereocenters. The largest absolute Gasteiger partial charge is 0.267 e. The van der Waals surface area contributed by atoms with E-state index in [-0.39, 0.29) is 15.9 Å². The number of nitrogens with zero attached hydrogens (tertiary/aromatic N) is 3. The molecule has 1 aromatic heterocycles. The van der Waals surface area contributed by atoms with E-state index < -0.39 is 25.5 Å². The molecule has 0 amide bonds. The standard InChI is InChI=1S/C16H14FN3O4S2/c1-25(21,22)14-9-3-11(4-10-14)15-18-16(26(2,23)24)19-20(15)13-7-5-12(17)6-8-13/h3-10H,1-2H3. The van der Waals surface area contributed by atoms with Crippen LogP contribution in [0.5, 0.6) is 0 Å². The number of hydrogen-bond donors (Lipinski definition) is 0. The molecule has 26 heavy (non-hydrogen) atoms. The van der Waals surface area contributed by atoms with Gasteiger partial charge >= 0.3 is 0 Å². The lowest BCUT2D eigenvalue weighted by Gasteiger charge is -2.06. The summed E-state index contributed by atoms with van der Waals surface area (Å²) in [6.45, 7) is 0. The summed E-state index contributed by atoms with van der Waals surface area (Å²) in [5, 5.41) is 3.62. The predicted molar refractivity (Wildman–Crippen MR) is 93.0 cm³/mol. The van der Waals surface area contributed by atoms with Crippen LogP contribution in [0.2, 0.25) is 0 Å². The number of hydrogen-bond acceptors (Lipinski definition) is 6. The molecule has 0 atom stereocenters. The highest BCUT2D eigenvalue weighted by Crippen LogP contribution is 2.24. The zero-order chi connectivity index (χ0) is 19.1. The lowest BCUT2D eigenvalue weighted by atomic mass is 10.2. The second kappa shape index (κ2) is 6.29. The van der Waals surface area contributed by atoms with Crippen LogP contribution in [-0.2, 0) is 19.7 Å². The van der Waals surface area contributed by atoms with Gasteiger partial charge in [-0.15, -0.1) is 5.10 Å². The number of aromatic nitrogens is 3. The van der Waals surface area contributed by atoms with E-state index in [1.54, 1.807) is 0 Å². The Hall–Kier alpha value is -2.59. The minimum absolute atomic E-state index is 0.123. The second-order valence-corrected chi connectivity index (χ2v) is 9.60. The van der Waals surface area contributed by atoms with Crippen molar-refractivity contribution in [3.63, 3.8) is 0 Å². The number of halogens is 1. The van der Waals surface area contributed by atoms with Gasteiger partial charge in [0.1, 0.15) is 5.82 Å². The fourth-order valence-corrected chi connectivity index (χ4v) is 3.36. The zero-order valence-electron chi connectivity index (χ0n) is 13.8. The van der Waals surface area contributed by atoms with Gasteiger partial charge in [0.05, 0.1) is 10.6 Å². The molecule has 0 aliphatic carbocycles. The normalized spacial score (nSPS) is 12.3. The van der Waals surface area contributed by atoms with Gasteiger partial charge in [0.25, 0.3) is 5.16 Å². The van der Waals surface area contributed by atoms with Crippen molar-refractivity contribution in [1.29, 1.82) is 0 Å². The van der Waals surface area contributed by atoms with E-state index in [4.69, 9.17) is 0 Å². The fraction of sp³-hybridized carbons (Fsp3) is 0.125. The van der Waals surface area contributed by atoms with E-state index >= 15 is 0 Å². The maximum Gasteiger partial charge on any atom is 0.267 e. The Balaban J connectivity index is 2.19. The quantitative estimate of drug-likeness (QED) is 0.669. The number of rotatable bonds is 4. The van der Waals surface area contributed by atoms with E-state index in [1.165, 1.54) is 53.2 Å². The first-order chi connectivity index (χ1) is 12.1. The van der Waals surface area contributed by atoms with Crippen LogP contribution in [0.4, 0.5) is 4.39 Å². The fourth-order valence-electron chi connectivity index (χ4n) is 2.25. The molecule has 1 heterocycles. The van der Waals surface area contributed by atoms with Gasteiger partial charge in [-0.25, -0.2) is 25.9 Å². The molecule has 0 bridgehead atoms. The maximum atomic E-state index is 13.2. The Morgan fingerprint density at radius 2 is 1.42 bits per heavy atom. The van der Waals surface area contributed by atoms with Crippen LogP contribution in [0.3, 0.4) is 0 Å². The molecule has 0 aliphatic rings. The molecule has 0 radical (unpaired) electrons. The van der Waals surface area contributed by atoms with Crippen molar-refractivity contribution in [2.45, 2.75) is 10.1 Å². The first-order valence-corrected chi connectivity index (χ1v) is 11.1. The van der Waals surface area contributed by atoms with E-state index in [9.17, 15) is 21.2 Å². The number of sulfone groups is 2. The van der Waals surface area contributed by atoms with Gasteiger partial charge < -0.3 is 0 Å². The van der Waals surface area contributed by atoms with E-state index in [1.807, 2.05) is 0 Å². The molecule has 0 spiro atoms. The highest BCUT2D eigenvalue weighted by atomic mass is 32.2. The summed E-state index contributed by atoms with van der Waals surface area (Å²) < 4.78 is 61.3. The van der Waals surface area contributed by atoms with Crippen molar-refractivity contribution in [3.05, 3.63) is 54.3 Å². The summed E-state index contributed by atoms with van der Waals surface area (Å²) >= 11 is 0. The molecule has 3 aromatic rings. The SMILES string of the molecule is CS(=O)(=O)c1ccc(-c2nc(S(C)(=O)=O)nn2-c2ccc(F)cc2)cc1. The van der Waals surface area contributed by atoms with Crippen LogP contribution in [0.15, 0.2) is 58.6 Å². The Morgan fingerprint density at radius 1 is 0.846 bits per heavy atom. The Kier molecular flexibility index (Phi) is 4.41. The molecule has 0 fully saturated rings. The molecule has 0 saturated carbocycles. The van der Waals surface area contributed by atoms with E-state index in [0.717, 1.165) is 12.5 Å². The third-order valence-electron chi connectivity index (χ3n) is 3.53. The highest BCUT2D eigenvalue weighted by Gasteiger charge is 2.20. The lowest BCUT2D eigenvalue weighted by Crippen LogP contribution is -2.02. The minimum atomic E-state index is -3.67. The van der Waals surface area contributed by atoms with Gasteiger partial charge in [-0.3, -0.25) is 0 Å². The molecule has 136 valence electrons. The average Bonchev–Trinajstić information content (AvgIpc) is 3.00. The van der Waals surface area contributed by atoms with E-state index in [2.05, 4.69) is 10.1 Å². The summed E-state index contributed by atoms with van der Waals surface area (Å²) in [6, 6.07) is 11.1. The molecule has 7 nitrogen and oxygen atoms in total. The molecule has 0 N–H and O–H groups in total. The Labute approximate surface area is 150 Å². The molecular formula is C16H14FN3O4S2. The topological polar surface area (TPSA) is 99.0 Å². The van der Waals surface area contributed by atoms with Gasteiger partial charge in [0.15, 0.2) is 15.7 Å². The summed E-state index contributed by atoms with van der Waals surface area (Å²) in [7, 11) is -7.04. The first kappa shape index (κ1) is 18.2. The summed E-state index contributed by atoms with van der Waals surface area (Å²) in [6.07, 6.45) is 2.07. The van der Waals surface area contributed by atoms with Crippen molar-refractivity contribution < 1.29 is 21.2 Å². The summed E-state index contributed by atoms with van der Waals surface area (Å²) in [5.74, 6) is -0.256.